The summed E-state index contributed by atoms with van der Waals surface area (Å²) in [5.41, 5.74) is 1.69. The van der Waals surface area contributed by atoms with Gasteiger partial charge in [0.25, 0.3) is 0 Å². The Balaban J connectivity index is 1.50. The maximum absolute atomic E-state index is 3.88. The third-order valence-corrected chi connectivity index (χ3v) is 5.17. The molecule has 1 saturated heterocycles. The highest BCUT2D eigenvalue weighted by Crippen LogP contribution is 2.31. The van der Waals surface area contributed by atoms with Crippen LogP contribution in [-0.4, -0.2) is 36.1 Å². The molecule has 1 N–H and O–H groups in total. The van der Waals surface area contributed by atoms with Gasteiger partial charge in [-0.25, -0.2) is 0 Å². The zero-order valence-electron chi connectivity index (χ0n) is 13.8. The van der Waals surface area contributed by atoms with Gasteiger partial charge >= 0.3 is 0 Å². The van der Waals surface area contributed by atoms with Gasteiger partial charge in [0, 0.05) is 31.2 Å². The lowest BCUT2D eigenvalue weighted by molar-refractivity contribution is 0.304. The quantitative estimate of drug-likeness (QED) is 0.860. The molecule has 116 valence electrons. The van der Waals surface area contributed by atoms with E-state index in [4.69, 9.17) is 0 Å². The highest BCUT2D eigenvalue weighted by atomic mass is 15.2. The van der Waals surface area contributed by atoms with Gasteiger partial charge in [0.15, 0.2) is 0 Å². The molecule has 0 aromatic heterocycles. The molecule has 21 heavy (non-hydrogen) atoms. The van der Waals surface area contributed by atoms with Gasteiger partial charge in [0.1, 0.15) is 0 Å². The normalized spacial score (nSPS) is 25.2. The van der Waals surface area contributed by atoms with Crippen molar-refractivity contribution in [1.82, 2.24) is 10.2 Å². The second-order valence-electron chi connectivity index (χ2n) is 7.73. The summed E-state index contributed by atoms with van der Waals surface area (Å²) in [5.74, 6) is 0. The predicted molar refractivity (Wildman–Crippen MR) is 89.7 cm³/mol. The minimum atomic E-state index is 0.239. The first kappa shape index (κ1) is 15.1. The van der Waals surface area contributed by atoms with Crippen molar-refractivity contribution in [2.24, 2.45) is 0 Å². The third kappa shape index (κ3) is 3.87. The zero-order valence-corrected chi connectivity index (χ0v) is 13.8. The summed E-state index contributed by atoms with van der Waals surface area (Å²) in [7, 11) is 0. The Bertz CT molecular complexity index is 450. The van der Waals surface area contributed by atoms with E-state index in [-0.39, 0.29) is 5.41 Å². The molecule has 2 fully saturated rings. The van der Waals surface area contributed by atoms with Gasteiger partial charge in [-0.1, -0.05) is 44.2 Å². The van der Waals surface area contributed by atoms with E-state index in [0.29, 0.717) is 12.1 Å². The molecule has 1 aromatic rings. The molecule has 1 aliphatic carbocycles. The monoisotopic (exact) mass is 286 g/mol. The number of benzene rings is 1. The molecular formula is C19H30N2. The number of nitrogens with zero attached hydrogens (tertiary/aromatic N) is 1. The van der Waals surface area contributed by atoms with Crippen LogP contribution < -0.4 is 5.32 Å². The molecule has 0 spiro atoms. The van der Waals surface area contributed by atoms with Gasteiger partial charge in [-0.05, 0) is 43.6 Å². The van der Waals surface area contributed by atoms with Crippen LogP contribution in [0.25, 0.3) is 0 Å². The second kappa shape index (κ2) is 6.10. The lowest BCUT2D eigenvalue weighted by atomic mass is 9.79. The van der Waals surface area contributed by atoms with Crippen molar-refractivity contribution < 1.29 is 0 Å². The van der Waals surface area contributed by atoms with Gasteiger partial charge in [-0.15, -0.1) is 0 Å². The minimum absolute atomic E-state index is 0.239. The molecule has 3 rings (SSSR count). The average molecular weight is 286 g/mol. The SMILES string of the molecule is CC(CC(C)(C)c1ccccc1)NC1CCN(C2CC2)C1. The average Bonchev–Trinajstić information content (AvgIpc) is 3.20. The van der Waals surface area contributed by atoms with E-state index < -0.39 is 0 Å². The van der Waals surface area contributed by atoms with Crippen LogP contribution in [0, 0.1) is 0 Å². The summed E-state index contributed by atoms with van der Waals surface area (Å²) in [5, 5.41) is 3.88. The van der Waals surface area contributed by atoms with Gasteiger partial charge in [0.2, 0.25) is 0 Å². The molecule has 2 heteroatoms. The molecule has 1 heterocycles. The second-order valence-corrected chi connectivity index (χ2v) is 7.73. The van der Waals surface area contributed by atoms with E-state index in [0.717, 1.165) is 6.04 Å². The maximum atomic E-state index is 3.88. The van der Waals surface area contributed by atoms with Crippen molar-refractivity contribution in [1.29, 1.82) is 0 Å². The topological polar surface area (TPSA) is 15.3 Å². The highest BCUT2D eigenvalue weighted by Gasteiger charge is 2.35. The van der Waals surface area contributed by atoms with Crippen LogP contribution in [0.4, 0.5) is 0 Å². The fourth-order valence-electron chi connectivity index (χ4n) is 3.93. The number of likely N-dealkylation sites (tertiary alicyclic amines) is 1. The predicted octanol–water partition coefficient (Wildman–Crippen LogP) is 3.57. The largest absolute Gasteiger partial charge is 0.310 e. The summed E-state index contributed by atoms with van der Waals surface area (Å²) in [6.07, 6.45) is 5.39. The Hall–Kier alpha value is -0.860. The smallest absolute Gasteiger partial charge is 0.0209 e. The maximum Gasteiger partial charge on any atom is 0.0209 e. The fourth-order valence-corrected chi connectivity index (χ4v) is 3.93. The van der Waals surface area contributed by atoms with Crippen LogP contribution in [0.5, 0.6) is 0 Å². The molecule has 1 aromatic carbocycles. The summed E-state index contributed by atoms with van der Waals surface area (Å²) >= 11 is 0. The Morgan fingerprint density at radius 3 is 2.57 bits per heavy atom. The van der Waals surface area contributed by atoms with Crippen LogP contribution in [-0.2, 0) is 5.41 Å². The third-order valence-electron chi connectivity index (χ3n) is 5.17. The van der Waals surface area contributed by atoms with Gasteiger partial charge in [0.05, 0.1) is 0 Å². The molecule has 0 radical (unpaired) electrons. The summed E-state index contributed by atoms with van der Waals surface area (Å²) in [4.78, 5) is 2.69. The van der Waals surface area contributed by atoms with Crippen LogP contribution in [0.3, 0.4) is 0 Å². The summed E-state index contributed by atoms with van der Waals surface area (Å²) in [6, 6.07) is 13.1. The van der Waals surface area contributed by atoms with Crippen molar-refractivity contribution in [2.75, 3.05) is 13.1 Å². The molecule has 1 aliphatic heterocycles. The van der Waals surface area contributed by atoms with Crippen molar-refractivity contribution >= 4 is 0 Å². The van der Waals surface area contributed by atoms with Gasteiger partial charge in [-0.3, -0.25) is 4.90 Å². The molecule has 1 saturated carbocycles. The van der Waals surface area contributed by atoms with E-state index in [2.05, 4.69) is 61.3 Å². The van der Waals surface area contributed by atoms with Crippen molar-refractivity contribution in [3.8, 4) is 0 Å². The Labute approximate surface area is 129 Å². The molecular weight excluding hydrogens is 256 g/mol. The number of rotatable bonds is 6. The molecule has 2 aliphatic rings. The fraction of sp³-hybridized carbons (Fsp3) is 0.684. The van der Waals surface area contributed by atoms with E-state index in [1.54, 1.807) is 0 Å². The van der Waals surface area contributed by atoms with Gasteiger partial charge < -0.3 is 5.32 Å². The first-order chi connectivity index (χ1) is 10.0. The first-order valence-electron chi connectivity index (χ1n) is 8.60. The number of hydrogen-bond acceptors (Lipinski definition) is 2. The number of hydrogen-bond donors (Lipinski definition) is 1. The van der Waals surface area contributed by atoms with Crippen molar-refractivity contribution in [3.05, 3.63) is 35.9 Å². The van der Waals surface area contributed by atoms with Crippen LogP contribution in [0.1, 0.15) is 52.0 Å². The first-order valence-corrected chi connectivity index (χ1v) is 8.60. The van der Waals surface area contributed by atoms with E-state index >= 15 is 0 Å². The van der Waals surface area contributed by atoms with E-state index in [1.807, 2.05) is 0 Å². The van der Waals surface area contributed by atoms with Gasteiger partial charge in [-0.2, -0.15) is 0 Å². The Morgan fingerprint density at radius 1 is 1.19 bits per heavy atom. The van der Waals surface area contributed by atoms with Crippen LogP contribution in [0.2, 0.25) is 0 Å². The zero-order chi connectivity index (χ0) is 14.9. The van der Waals surface area contributed by atoms with E-state index in [9.17, 15) is 0 Å². The van der Waals surface area contributed by atoms with Crippen molar-refractivity contribution in [3.63, 3.8) is 0 Å². The molecule has 2 atom stereocenters. The molecule has 2 unspecified atom stereocenters. The van der Waals surface area contributed by atoms with Crippen molar-refractivity contribution in [2.45, 2.75) is 70.0 Å². The van der Waals surface area contributed by atoms with Crippen LogP contribution in [0.15, 0.2) is 30.3 Å². The number of nitrogens with one attached hydrogen (secondary N) is 1. The molecule has 0 amide bonds. The Kier molecular flexibility index (Phi) is 4.37. The lowest BCUT2D eigenvalue weighted by Gasteiger charge is -2.30. The summed E-state index contributed by atoms with van der Waals surface area (Å²) < 4.78 is 0. The molecule has 0 bridgehead atoms. The van der Waals surface area contributed by atoms with Crippen LogP contribution >= 0.6 is 0 Å². The minimum Gasteiger partial charge on any atom is -0.310 e. The Morgan fingerprint density at radius 2 is 1.90 bits per heavy atom. The standard InChI is InChI=1S/C19H30N2/c1-15(13-19(2,3)16-7-5-4-6-8-16)20-17-11-12-21(14-17)18-9-10-18/h4-8,15,17-18,20H,9-14H2,1-3H3. The highest BCUT2D eigenvalue weighted by molar-refractivity contribution is 5.23. The lowest BCUT2D eigenvalue weighted by Crippen LogP contribution is -2.41. The molecule has 2 nitrogen and oxygen atoms in total. The van der Waals surface area contributed by atoms with E-state index in [1.165, 1.54) is 44.3 Å². The summed E-state index contributed by atoms with van der Waals surface area (Å²) in [6.45, 7) is 9.65.